The maximum Gasteiger partial charge on any atom is 0.264 e. The number of nitrogens with zero attached hydrogens (tertiary/aromatic N) is 2. The van der Waals surface area contributed by atoms with E-state index in [4.69, 9.17) is 11.6 Å². The smallest absolute Gasteiger partial charge is 0.264 e. The van der Waals surface area contributed by atoms with Crippen molar-refractivity contribution in [3.05, 3.63) is 94.5 Å². The summed E-state index contributed by atoms with van der Waals surface area (Å²) >= 11 is 6.34. The zero-order valence-corrected chi connectivity index (χ0v) is 23.7. The van der Waals surface area contributed by atoms with Crippen molar-refractivity contribution in [3.8, 4) is 0 Å². The number of nitrogens with one attached hydrogen (secondary N) is 1. The Hall–Kier alpha value is -3.36. The lowest BCUT2D eigenvalue weighted by Crippen LogP contribution is -2.51. The van der Waals surface area contributed by atoms with Crippen LogP contribution in [-0.2, 0) is 26.2 Å². The second kappa shape index (κ2) is 12.9. The van der Waals surface area contributed by atoms with Crippen LogP contribution in [0.15, 0.2) is 77.7 Å². The number of rotatable bonds is 11. The van der Waals surface area contributed by atoms with Gasteiger partial charge in [-0.15, -0.1) is 0 Å². The molecule has 1 unspecified atom stereocenters. The first-order chi connectivity index (χ1) is 18.1. The monoisotopic (exact) mass is 555 g/mol. The molecule has 1 N–H and O–H groups in total. The third kappa shape index (κ3) is 6.94. The van der Waals surface area contributed by atoms with Gasteiger partial charge in [0.05, 0.1) is 10.6 Å². The molecule has 9 heteroatoms. The largest absolute Gasteiger partial charge is 0.354 e. The van der Waals surface area contributed by atoms with Gasteiger partial charge in [-0.1, -0.05) is 72.6 Å². The average molecular weight is 556 g/mol. The van der Waals surface area contributed by atoms with Crippen LogP contribution in [-0.4, -0.2) is 44.3 Å². The summed E-state index contributed by atoms with van der Waals surface area (Å²) in [5.41, 5.74) is 2.72. The van der Waals surface area contributed by atoms with Gasteiger partial charge in [0.25, 0.3) is 10.0 Å². The molecule has 0 aliphatic carbocycles. The highest BCUT2D eigenvalue weighted by atomic mass is 35.5. The summed E-state index contributed by atoms with van der Waals surface area (Å²) in [4.78, 5) is 28.3. The minimum absolute atomic E-state index is 0.0472. The van der Waals surface area contributed by atoms with Crippen LogP contribution < -0.4 is 9.62 Å². The van der Waals surface area contributed by atoms with E-state index in [0.717, 1.165) is 21.9 Å². The fraction of sp³-hybridized carbons (Fsp3) is 0.310. The fourth-order valence-corrected chi connectivity index (χ4v) is 5.63. The van der Waals surface area contributed by atoms with E-state index in [-0.39, 0.29) is 17.3 Å². The first-order valence-electron chi connectivity index (χ1n) is 12.5. The molecule has 0 saturated heterocycles. The van der Waals surface area contributed by atoms with Gasteiger partial charge in [-0.3, -0.25) is 13.9 Å². The molecule has 0 aromatic heterocycles. The van der Waals surface area contributed by atoms with Crippen molar-refractivity contribution in [1.82, 2.24) is 10.2 Å². The van der Waals surface area contributed by atoms with Crippen LogP contribution in [0.1, 0.15) is 37.0 Å². The Morgan fingerprint density at radius 3 is 2.24 bits per heavy atom. The summed E-state index contributed by atoms with van der Waals surface area (Å²) in [6.45, 7) is 7.39. The SMILES string of the molecule is CCCNC(=O)C(C)N(Cc1ccc(C)cc1)C(=O)CN(c1cccc(Cl)c1C)S(=O)(=O)c1ccccc1. The molecule has 3 aromatic rings. The molecule has 0 bridgehead atoms. The maximum absolute atomic E-state index is 13.9. The zero-order chi connectivity index (χ0) is 27.9. The minimum Gasteiger partial charge on any atom is -0.354 e. The number of carbonyl (C=O) groups excluding carboxylic acids is 2. The van der Waals surface area contributed by atoms with Gasteiger partial charge in [0, 0.05) is 18.1 Å². The molecule has 2 amide bonds. The van der Waals surface area contributed by atoms with Gasteiger partial charge in [0.2, 0.25) is 11.8 Å². The normalized spacial score (nSPS) is 12.0. The maximum atomic E-state index is 13.9. The van der Waals surface area contributed by atoms with Crippen molar-refractivity contribution in [1.29, 1.82) is 0 Å². The summed E-state index contributed by atoms with van der Waals surface area (Å²) in [6, 6.07) is 19.7. The van der Waals surface area contributed by atoms with Gasteiger partial charge < -0.3 is 10.2 Å². The highest BCUT2D eigenvalue weighted by Crippen LogP contribution is 2.31. The Morgan fingerprint density at radius 2 is 1.61 bits per heavy atom. The number of amides is 2. The number of hydrogen-bond donors (Lipinski definition) is 1. The van der Waals surface area contributed by atoms with Crippen molar-refractivity contribution < 1.29 is 18.0 Å². The predicted octanol–water partition coefficient (Wildman–Crippen LogP) is 5.10. The Kier molecular flexibility index (Phi) is 9.94. The number of carbonyl (C=O) groups is 2. The van der Waals surface area contributed by atoms with Gasteiger partial charge in [-0.05, 0) is 62.6 Å². The highest BCUT2D eigenvalue weighted by molar-refractivity contribution is 7.92. The molecule has 0 radical (unpaired) electrons. The molecular formula is C29H34ClN3O4S. The molecular weight excluding hydrogens is 522 g/mol. The van der Waals surface area contributed by atoms with Gasteiger partial charge in [-0.25, -0.2) is 8.42 Å². The molecule has 0 aliphatic rings. The Labute approximate surface area is 230 Å². The van der Waals surface area contributed by atoms with Crippen LogP contribution in [0, 0.1) is 13.8 Å². The summed E-state index contributed by atoms with van der Waals surface area (Å²) in [6.07, 6.45) is 0.751. The van der Waals surface area contributed by atoms with Crippen molar-refractivity contribution >= 4 is 39.1 Å². The Morgan fingerprint density at radius 1 is 0.947 bits per heavy atom. The lowest BCUT2D eigenvalue weighted by Gasteiger charge is -2.32. The molecule has 7 nitrogen and oxygen atoms in total. The fourth-order valence-electron chi connectivity index (χ4n) is 3.97. The van der Waals surface area contributed by atoms with Crippen molar-refractivity contribution in [3.63, 3.8) is 0 Å². The third-order valence-electron chi connectivity index (χ3n) is 6.31. The first kappa shape index (κ1) is 29.2. The van der Waals surface area contributed by atoms with Gasteiger partial charge in [0.1, 0.15) is 12.6 Å². The van der Waals surface area contributed by atoms with Crippen LogP contribution in [0.5, 0.6) is 0 Å². The molecule has 3 rings (SSSR count). The number of hydrogen-bond acceptors (Lipinski definition) is 4. The van der Waals surface area contributed by atoms with Crippen molar-refractivity contribution in [2.45, 2.75) is 51.6 Å². The lowest BCUT2D eigenvalue weighted by atomic mass is 10.1. The van der Waals surface area contributed by atoms with E-state index in [9.17, 15) is 18.0 Å². The molecule has 1 atom stereocenters. The molecule has 0 aliphatic heterocycles. The molecule has 0 heterocycles. The lowest BCUT2D eigenvalue weighted by molar-refractivity contribution is -0.139. The minimum atomic E-state index is -4.13. The van der Waals surface area contributed by atoms with E-state index in [1.807, 2.05) is 38.1 Å². The third-order valence-corrected chi connectivity index (χ3v) is 8.49. The topological polar surface area (TPSA) is 86.8 Å². The van der Waals surface area contributed by atoms with Gasteiger partial charge >= 0.3 is 0 Å². The molecule has 202 valence electrons. The van der Waals surface area contributed by atoms with Crippen LogP contribution in [0.25, 0.3) is 0 Å². The van der Waals surface area contributed by atoms with Gasteiger partial charge in [0.15, 0.2) is 0 Å². The summed E-state index contributed by atoms with van der Waals surface area (Å²) < 4.78 is 28.7. The van der Waals surface area contributed by atoms with E-state index in [1.165, 1.54) is 17.0 Å². The predicted molar refractivity (Wildman–Crippen MR) is 152 cm³/mol. The standard InChI is InChI=1S/C29H34ClN3O4S/c1-5-18-31-29(35)23(4)32(19-24-16-14-21(2)15-17-24)28(34)20-33(27-13-9-12-26(30)22(27)3)38(36,37)25-10-7-6-8-11-25/h6-17,23H,5,18-20H2,1-4H3,(H,31,35). The molecule has 0 spiro atoms. The highest BCUT2D eigenvalue weighted by Gasteiger charge is 2.33. The zero-order valence-electron chi connectivity index (χ0n) is 22.1. The second-order valence-corrected chi connectivity index (χ2v) is 11.5. The van der Waals surface area contributed by atoms with Crippen molar-refractivity contribution in [2.24, 2.45) is 0 Å². The Bertz CT molecular complexity index is 1360. The number of anilines is 1. The van der Waals surface area contributed by atoms with Gasteiger partial charge in [-0.2, -0.15) is 0 Å². The van der Waals surface area contributed by atoms with E-state index in [2.05, 4.69) is 5.32 Å². The van der Waals surface area contributed by atoms with Crippen LogP contribution in [0.2, 0.25) is 5.02 Å². The molecule has 0 fully saturated rings. The number of sulfonamides is 1. The average Bonchev–Trinajstić information content (AvgIpc) is 2.91. The molecule has 38 heavy (non-hydrogen) atoms. The number of halogens is 1. The summed E-state index contributed by atoms with van der Waals surface area (Å²) in [7, 11) is -4.13. The first-order valence-corrected chi connectivity index (χ1v) is 14.3. The van der Waals surface area contributed by atoms with Crippen molar-refractivity contribution in [2.75, 3.05) is 17.4 Å². The second-order valence-electron chi connectivity index (χ2n) is 9.18. The van der Waals surface area contributed by atoms with E-state index >= 15 is 0 Å². The van der Waals surface area contributed by atoms with Crippen LogP contribution in [0.4, 0.5) is 5.69 Å². The summed E-state index contributed by atoms with van der Waals surface area (Å²) in [5, 5.41) is 3.22. The van der Waals surface area contributed by atoms with E-state index < -0.39 is 28.5 Å². The van der Waals surface area contributed by atoms with Crippen LogP contribution >= 0.6 is 11.6 Å². The summed E-state index contributed by atoms with van der Waals surface area (Å²) in [5.74, 6) is -0.813. The van der Waals surface area contributed by atoms with Crippen LogP contribution in [0.3, 0.4) is 0 Å². The molecule has 3 aromatic carbocycles. The van der Waals surface area contributed by atoms with E-state index in [1.54, 1.807) is 50.2 Å². The molecule has 0 saturated carbocycles. The van der Waals surface area contributed by atoms with E-state index in [0.29, 0.717) is 22.8 Å². The number of benzene rings is 3. The Balaban J connectivity index is 2.04. The number of aryl methyl sites for hydroxylation is 1. The quantitative estimate of drug-likeness (QED) is 0.357.